The highest BCUT2D eigenvalue weighted by Crippen LogP contribution is 2.34. The molecule has 0 aliphatic carbocycles. The van der Waals surface area contributed by atoms with E-state index in [1.807, 2.05) is 0 Å². The van der Waals surface area contributed by atoms with Crippen LogP contribution in [0.1, 0.15) is 41.3 Å². The number of sulfone groups is 1. The lowest BCUT2D eigenvalue weighted by Crippen LogP contribution is -2.06. The molecule has 1 aliphatic rings. The summed E-state index contributed by atoms with van der Waals surface area (Å²) in [6.45, 7) is 1.37. The summed E-state index contributed by atoms with van der Waals surface area (Å²) < 4.78 is 28.0. The lowest BCUT2D eigenvalue weighted by Gasteiger charge is -2.02. The Morgan fingerprint density at radius 2 is 2.33 bits per heavy atom. The fourth-order valence-electron chi connectivity index (χ4n) is 1.72. The summed E-state index contributed by atoms with van der Waals surface area (Å²) >= 11 is 0. The molecule has 0 aromatic carbocycles. The standard InChI is InChI=1S/C9H11NO4S/c1-6(11)7-5-8(14-10-7)9-3-2-4-15(9,12)13/h5,9H,2-4H2,1H3. The van der Waals surface area contributed by atoms with Crippen molar-refractivity contribution in [3.05, 3.63) is 17.5 Å². The average Bonchev–Trinajstić information content (AvgIpc) is 2.69. The SMILES string of the molecule is CC(=O)c1cc(C2CCCS2(=O)=O)on1. The predicted molar refractivity (Wildman–Crippen MR) is 52.3 cm³/mol. The molecule has 0 amide bonds. The highest BCUT2D eigenvalue weighted by atomic mass is 32.2. The van der Waals surface area contributed by atoms with Gasteiger partial charge in [-0.15, -0.1) is 0 Å². The molecule has 6 heteroatoms. The normalized spacial score (nSPS) is 24.2. The lowest BCUT2D eigenvalue weighted by molar-refractivity contribution is 0.100. The molecule has 0 spiro atoms. The van der Waals surface area contributed by atoms with Gasteiger partial charge in [-0.2, -0.15) is 0 Å². The van der Waals surface area contributed by atoms with Gasteiger partial charge >= 0.3 is 0 Å². The Morgan fingerprint density at radius 1 is 1.60 bits per heavy atom. The molecule has 1 fully saturated rings. The molecule has 0 N–H and O–H groups in total. The van der Waals surface area contributed by atoms with Crippen molar-refractivity contribution in [3.63, 3.8) is 0 Å². The second-order valence-corrected chi connectivity index (χ2v) is 5.97. The van der Waals surface area contributed by atoms with E-state index < -0.39 is 15.1 Å². The van der Waals surface area contributed by atoms with Crippen LogP contribution < -0.4 is 0 Å². The van der Waals surface area contributed by atoms with Gasteiger partial charge < -0.3 is 4.52 Å². The first kappa shape index (κ1) is 10.4. The molecular formula is C9H11NO4S. The van der Waals surface area contributed by atoms with Crippen molar-refractivity contribution in [2.45, 2.75) is 25.0 Å². The van der Waals surface area contributed by atoms with Crippen molar-refractivity contribution in [1.29, 1.82) is 0 Å². The Hall–Kier alpha value is -1.17. The summed E-state index contributed by atoms with van der Waals surface area (Å²) in [4.78, 5) is 11.0. The van der Waals surface area contributed by atoms with Crippen molar-refractivity contribution in [2.24, 2.45) is 0 Å². The first-order chi connectivity index (χ1) is 7.00. The van der Waals surface area contributed by atoms with E-state index in [0.29, 0.717) is 12.8 Å². The molecule has 5 nitrogen and oxygen atoms in total. The number of carbonyl (C=O) groups excluding carboxylic acids is 1. The topological polar surface area (TPSA) is 77.2 Å². The maximum Gasteiger partial charge on any atom is 0.181 e. The average molecular weight is 229 g/mol. The summed E-state index contributed by atoms with van der Waals surface area (Å²) in [6.07, 6.45) is 1.19. The van der Waals surface area contributed by atoms with Crippen LogP contribution >= 0.6 is 0 Å². The summed E-state index contributed by atoms with van der Waals surface area (Å²) in [5, 5.41) is 2.92. The van der Waals surface area contributed by atoms with Gasteiger partial charge in [0.05, 0.1) is 5.75 Å². The second-order valence-electron chi connectivity index (χ2n) is 3.67. The lowest BCUT2D eigenvalue weighted by atomic mass is 10.2. The predicted octanol–water partition coefficient (Wildman–Crippen LogP) is 1.13. The maximum atomic E-state index is 11.6. The van der Waals surface area contributed by atoms with E-state index in [1.54, 1.807) is 0 Å². The van der Waals surface area contributed by atoms with Gasteiger partial charge in [0, 0.05) is 13.0 Å². The summed E-state index contributed by atoms with van der Waals surface area (Å²) in [5.41, 5.74) is 0.187. The molecule has 1 atom stereocenters. The molecule has 0 radical (unpaired) electrons. The molecular weight excluding hydrogens is 218 g/mol. The fourth-order valence-corrected chi connectivity index (χ4v) is 3.56. The van der Waals surface area contributed by atoms with Gasteiger partial charge in [0.2, 0.25) is 0 Å². The fraction of sp³-hybridized carbons (Fsp3) is 0.556. The Morgan fingerprint density at radius 3 is 2.80 bits per heavy atom. The van der Waals surface area contributed by atoms with Crippen molar-refractivity contribution < 1.29 is 17.7 Å². The van der Waals surface area contributed by atoms with E-state index in [0.717, 1.165) is 0 Å². The number of carbonyl (C=O) groups is 1. The minimum atomic E-state index is -3.10. The van der Waals surface area contributed by atoms with Gasteiger partial charge in [-0.1, -0.05) is 5.16 Å². The van der Waals surface area contributed by atoms with Crippen LogP contribution in [-0.4, -0.2) is 25.1 Å². The second kappa shape index (κ2) is 3.44. The van der Waals surface area contributed by atoms with Crippen molar-refractivity contribution in [2.75, 3.05) is 5.75 Å². The van der Waals surface area contributed by atoms with Gasteiger partial charge in [0.15, 0.2) is 21.4 Å². The van der Waals surface area contributed by atoms with Crippen LogP contribution in [0.25, 0.3) is 0 Å². The number of hydrogen-bond acceptors (Lipinski definition) is 5. The number of Topliss-reactive ketones (excluding diaryl/α,β-unsaturated/α-hetero) is 1. The first-order valence-electron chi connectivity index (χ1n) is 4.70. The van der Waals surface area contributed by atoms with E-state index >= 15 is 0 Å². The number of nitrogens with zero attached hydrogens (tertiary/aromatic N) is 1. The van der Waals surface area contributed by atoms with E-state index in [4.69, 9.17) is 4.52 Å². The van der Waals surface area contributed by atoms with E-state index in [9.17, 15) is 13.2 Å². The van der Waals surface area contributed by atoms with E-state index in [2.05, 4.69) is 5.16 Å². The zero-order valence-electron chi connectivity index (χ0n) is 8.26. The maximum absolute atomic E-state index is 11.6. The van der Waals surface area contributed by atoms with Crippen LogP contribution in [0.5, 0.6) is 0 Å². The number of rotatable bonds is 2. The molecule has 0 bridgehead atoms. The molecule has 82 valence electrons. The minimum absolute atomic E-state index is 0.187. The van der Waals surface area contributed by atoms with Crippen LogP contribution in [0.4, 0.5) is 0 Å². The number of aromatic nitrogens is 1. The van der Waals surface area contributed by atoms with Gasteiger partial charge in [-0.25, -0.2) is 8.42 Å². The molecule has 0 saturated carbocycles. The summed E-state index contributed by atoms with van der Waals surface area (Å²) in [7, 11) is -3.10. The molecule has 1 aromatic rings. The molecule has 15 heavy (non-hydrogen) atoms. The van der Waals surface area contributed by atoms with Gasteiger partial charge in [-0.05, 0) is 12.8 Å². The van der Waals surface area contributed by atoms with Crippen LogP contribution in [0.2, 0.25) is 0 Å². The van der Waals surface area contributed by atoms with Gasteiger partial charge in [0.25, 0.3) is 0 Å². The highest BCUT2D eigenvalue weighted by molar-refractivity contribution is 7.91. The van der Waals surface area contributed by atoms with Crippen molar-refractivity contribution in [3.8, 4) is 0 Å². The first-order valence-corrected chi connectivity index (χ1v) is 6.41. The zero-order chi connectivity index (χ0) is 11.1. The van der Waals surface area contributed by atoms with Crippen LogP contribution in [0.3, 0.4) is 0 Å². The van der Waals surface area contributed by atoms with Crippen molar-refractivity contribution >= 4 is 15.6 Å². The van der Waals surface area contributed by atoms with Crippen LogP contribution in [0.15, 0.2) is 10.6 Å². The van der Waals surface area contributed by atoms with E-state index in [1.165, 1.54) is 13.0 Å². The Kier molecular flexibility index (Phi) is 2.38. The monoisotopic (exact) mass is 229 g/mol. The third-order valence-corrected chi connectivity index (χ3v) is 4.73. The third-order valence-electron chi connectivity index (χ3n) is 2.54. The van der Waals surface area contributed by atoms with E-state index in [-0.39, 0.29) is 23.0 Å². The molecule has 1 aliphatic heterocycles. The number of ketones is 1. The molecule has 2 rings (SSSR count). The largest absolute Gasteiger partial charge is 0.359 e. The van der Waals surface area contributed by atoms with Gasteiger partial charge in [-0.3, -0.25) is 4.79 Å². The van der Waals surface area contributed by atoms with Gasteiger partial charge in [0.1, 0.15) is 10.9 Å². The van der Waals surface area contributed by atoms with Crippen LogP contribution in [-0.2, 0) is 9.84 Å². The quantitative estimate of drug-likeness (QED) is 0.710. The molecule has 1 saturated heterocycles. The Balaban J connectivity index is 2.34. The Labute approximate surface area is 87.4 Å². The zero-order valence-corrected chi connectivity index (χ0v) is 9.08. The van der Waals surface area contributed by atoms with Crippen LogP contribution in [0, 0.1) is 0 Å². The number of hydrogen-bond donors (Lipinski definition) is 0. The Bertz CT molecular complexity index is 488. The smallest absolute Gasteiger partial charge is 0.181 e. The van der Waals surface area contributed by atoms with Crippen molar-refractivity contribution in [1.82, 2.24) is 5.16 Å². The molecule has 2 heterocycles. The summed E-state index contributed by atoms with van der Waals surface area (Å²) in [5.74, 6) is 0.256. The summed E-state index contributed by atoms with van der Waals surface area (Å²) in [6, 6.07) is 1.43. The third kappa shape index (κ3) is 1.81. The highest BCUT2D eigenvalue weighted by Gasteiger charge is 2.35. The molecule has 1 aromatic heterocycles. The molecule has 1 unspecified atom stereocenters. The minimum Gasteiger partial charge on any atom is -0.359 e.